The molecule has 0 aliphatic carbocycles. The lowest BCUT2D eigenvalue weighted by Crippen LogP contribution is -2.13. The van der Waals surface area contributed by atoms with E-state index in [-0.39, 0.29) is 15.8 Å². The Morgan fingerprint density at radius 1 is 1.40 bits per heavy atom. The number of ether oxygens (including phenoxy) is 1. The van der Waals surface area contributed by atoms with Gasteiger partial charge in [0.05, 0.1) is 10.6 Å². The summed E-state index contributed by atoms with van der Waals surface area (Å²) >= 11 is 1.13. The molecule has 9 heteroatoms. The number of hydrogen-bond acceptors (Lipinski definition) is 5. The van der Waals surface area contributed by atoms with Gasteiger partial charge in [0.25, 0.3) is 10.0 Å². The molecule has 1 aromatic carbocycles. The molecule has 20 heavy (non-hydrogen) atoms. The largest absolute Gasteiger partial charge is 0.435 e. The highest BCUT2D eigenvalue weighted by Crippen LogP contribution is 2.23. The van der Waals surface area contributed by atoms with E-state index in [0.717, 1.165) is 17.4 Å². The number of sulfonamides is 1. The number of hydrogen-bond donors (Lipinski definition) is 1. The summed E-state index contributed by atoms with van der Waals surface area (Å²) in [5.74, 6) is -0.224. The highest BCUT2D eigenvalue weighted by molar-refractivity contribution is 7.93. The zero-order chi connectivity index (χ0) is 14.8. The van der Waals surface area contributed by atoms with Crippen LogP contribution in [-0.2, 0) is 10.0 Å². The Morgan fingerprint density at radius 3 is 2.75 bits per heavy atom. The molecule has 0 fully saturated rings. The Bertz CT molecular complexity index is 701. The number of alkyl halides is 2. The number of rotatable bonds is 5. The number of aryl methyl sites for hydroxylation is 1. The Hall–Kier alpha value is -1.74. The second-order valence-electron chi connectivity index (χ2n) is 3.75. The zero-order valence-corrected chi connectivity index (χ0v) is 11.8. The lowest BCUT2D eigenvalue weighted by atomic mass is 10.3. The molecule has 0 aliphatic heterocycles. The van der Waals surface area contributed by atoms with Crippen LogP contribution in [0.1, 0.15) is 5.69 Å². The first-order valence-corrected chi connectivity index (χ1v) is 7.73. The number of benzene rings is 1. The Morgan fingerprint density at radius 2 is 2.15 bits per heavy atom. The standard InChI is InChI=1S/C11H10F2N2O3S2/c1-7-6-19-11(14-7)15-20(16,17)9-4-2-3-8(5-9)18-10(12)13/h2-6,10H,1H3,(H,14,15). The van der Waals surface area contributed by atoms with Crippen molar-refractivity contribution in [1.82, 2.24) is 4.98 Å². The average molecular weight is 320 g/mol. The van der Waals surface area contributed by atoms with Gasteiger partial charge in [0.2, 0.25) is 0 Å². The summed E-state index contributed by atoms with van der Waals surface area (Å²) in [5.41, 5.74) is 0.683. The lowest BCUT2D eigenvalue weighted by molar-refractivity contribution is -0.0499. The lowest BCUT2D eigenvalue weighted by Gasteiger charge is -2.08. The second kappa shape index (κ2) is 5.71. The quantitative estimate of drug-likeness (QED) is 0.920. The summed E-state index contributed by atoms with van der Waals surface area (Å²) in [7, 11) is -3.89. The first-order valence-electron chi connectivity index (χ1n) is 5.36. The molecule has 2 aromatic rings. The zero-order valence-electron chi connectivity index (χ0n) is 10.2. The van der Waals surface area contributed by atoms with Gasteiger partial charge in [-0.3, -0.25) is 4.72 Å². The summed E-state index contributed by atoms with van der Waals surface area (Å²) in [6, 6.07) is 4.87. The van der Waals surface area contributed by atoms with E-state index >= 15 is 0 Å². The summed E-state index contributed by atoms with van der Waals surface area (Å²) in [5, 5.41) is 1.90. The van der Waals surface area contributed by atoms with E-state index in [0.29, 0.717) is 5.69 Å². The molecule has 0 atom stereocenters. The van der Waals surface area contributed by atoms with Gasteiger partial charge in [-0.25, -0.2) is 13.4 Å². The fraction of sp³-hybridized carbons (Fsp3) is 0.182. The number of nitrogens with zero attached hydrogens (tertiary/aromatic N) is 1. The average Bonchev–Trinajstić information content (AvgIpc) is 2.73. The van der Waals surface area contributed by atoms with Gasteiger partial charge < -0.3 is 4.74 Å². The van der Waals surface area contributed by atoms with Crippen LogP contribution in [0.3, 0.4) is 0 Å². The Balaban J connectivity index is 2.25. The van der Waals surface area contributed by atoms with Crippen LogP contribution in [0.5, 0.6) is 5.75 Å². The molecule has 0 aliphatic rings. The fourth-order valence-electron chi connectivity index (χ4n) is 1.39. The molecule has 0 bridgehead atoms. The monoisotopic (exact) mass is 320 g/mol. The van der Waals surface area contributed by atoms with Crippen LogP contribution in [0.25, 0.3) is 0 Å². The maximum Gasteiger partial charge on any atom is 0.387 e. The van der Waals surface area contributed by atoms with Gasteiger partial charge in [0.15, 0.2) is 5.13 Å². The number of nitrogens with one attached hydrogen (secondary N) is 1. The van der Waals surface area contributed by atoms with Crippen molar-refractivity contribution in [2.75, 3.05) is 4.72 Å². The first kappa shape index (κ1) is 14.7. The minimum atomic E-state index is -3.89. The van der Waals surface area contributed by atoms with Crippen molar-refractivity contribution >= 4 is 26.5 Å². The molecule has 2 rings (SSSR count). The molecule has 0 saturated carbocycles. The highest BCUT2D eigenvalue weighted by atomic mass is 32.2. The van der Waals surface area contributed by atoms with E-state index in [2.05, 4.69) is 14.4 Å². The van der Waals surface area contributed by atoms with Gasteiger partial charge in [0.1, 0.15) is 5.75 Å². The molecule has 0 spiro atoms. The number of aromatic nitrogens is 1. The van der Waals surface area contributed by atoms with Crippen LogP contribution in [0, 0.1) is 6.92 Å². The maximum absolute atomic E-state index is 12.1. The number of thiazole rings is 1. The van der Waals surface area contributed by atoms with Crippen molar-refractivity contribution in [3.63, 3.8) is 0 Å². The van der Waals surface area contributed by atoms with E-state index in [1.165, 1.54) is 18.2 Å². The van der Waals surface area contributed by atoms with E-state index in [9.17, 15) is 17.2 Å². The van der Waals surface area contributed by atoms with Crippen molar-refractivity contribution in [2.24, 2.45) is 0 Å². The van der Waals surface area contributed by atoms with Gasteiger partial charge in [-0.05, 0) is 19.1 Å². The molecular formula is C11H10F2N2O3S2. The smallest absolute Gasteiger partial charge is 0.387 e. The predicted molar refractivity (Wildman–Crippen MR) is 70.7 cm³/mol. The third kappa shape index (κ3) is 3.64. The highest BCUT2D eigenvalue weighted by Gasteiger charge is 2.17. The summed E-state index contributed by atoms with van der Waals surface area (Å²) in [6.07, 6.45) is 0. The Labute approximate surface area is 118 Å². The molecule has 0 unspecified atom stereocenters. The van der Waals surface area contributed by atoms with Crippen molar-refractivity contribution in [3.8, 4) is 5.75 Å². The van der Waals surface area contributed by atoms with Crippen molar-refractivity contribution in [3.05, 3.63) is 35.3 Å². The summed E-state index contributed by atoms with van der Waals surface area (Å²) < 4.78 is 54.8. The molecule has 1 N–H and O–H groups in total. The fourth-order valence-corrected chi connectivity index (χ4v) is 3.37. The van der Waals surface area contributed by atoms with Gasteiger partial charge in [0, 0.05) is 11.4 Å². The number of halogens is 2. The summed E-state index contributed by atoms with van der Waals surface area (Å²) in [6.45, 7) is -1.28. The molecule has 108 valence electrons. The maximum atomic E-state index is 12.1. The van der Waals surface area contributed by atoms with E-state index in [4.69, 9.17) is 0 Å². The van der Waals surface area contributed by atoms with Crippen LogP contribution < -0.4 is 9.46 Å². The molecule has 0 radical (unpaired) electrons. The molecule has 0 saturated heterocycles. The molecule has 0 amide bonds. The molecule has 5 nitrogen and oxygen atoms in total. The predicted octanol–water partition coefficient (Wildman–Crippen LogP) is 2.85. The van der Waals surface area contributed by atoms with Crippen molar-refractivity contribution in [1.29, 1.82) is 0 Å². The number of anilines is 1. The molecule has 1 aromatic heterocycles. The minimum Gasteiger partial charge on any atom is -0.435 e. The normalized spacial score (nSPS) is 11.6. The minimum absolute atomic E-state index is 0.177. The molecular weight excluding hydrogens is 310 g/mol. The van der Waals surface area contributed by atoms with E-state index < -0.39 is 16.6 Å². The third-order valence-electron chi connectivity index (χ3n) is 2.18. The van der Waals surface area contributed by atoms with Gasteiger partial charge in [-0.15, -0.1) is 11.3 Å². The van der Waals surface area contributed by atoms with Gasteiger partial charge >= 0.3 is 6.61 Å². The topological polar surface area (TPSA) is 68.3 Å². The van der Waals surface area contributed by atoms with E-state index in [1.54, 1.807) is 12.3 Å². The summed E-state index contributed by atoms with van der Waals surface area (Å²) in [4.78, 5) is 3.79. The van der Waals surface area contributed by atoms with Crippen LogP contribution in [0.4, 0.5) is 13.9 Å². The van der Waals surface area contributed by atoms with E-state index in [1.807, 2.05) is 0 Å². The SMILES string of the molecule is Cc1csc(NS(=O)(=O)c2cccc(OC(F)F)c2)n1. The first-order chi connectivity index (χ1) is 9.37. The van der Waals surface area contributed by atoms with Crippen molar-refractivity contribution in [2.45, 2.75) is 18.4 Å². The van der Waals surface area contributed by atoms with Crippen LogP contribution in [0.15, 0.2) is 34.5 Å². The third-order valence-corrected chi connectivity index (χ3v) is 4.52. The van der Waals surface area contributed by atoms with Gasteiger partial charge in [-0.1, -0.05) is 6.07 Å². The van der Waals surface area contributed by atoms with Crippen molar-refractivity contribution < 1.29 is 21.9 Å². The van der Waals surface area contributed by atoms with Crippen LogP contribution >= 0.6 is 11.3 Å². The Kier molecular flexibility index (Phi) is 4.19. The molecule has 1 heterocycles. The second-order valence-corrected chi connectivity index (χ2v) is 6.29. The van der Waals surface area contributed by atoms with Gasteiger partial charge in [-0.2, -0.15) is 8.78 Å². The van der Waals surface area contributed by atoms with Crippen LogP contribution in [-0.4, -0.2) is 20.0 Å². The van der Waals surface area contributed by atoms with Crippen LogP contribution in [0.2, 0.25) is 0 Å².